The molecule has 3 N–H and O–H groups in total. The Bertz CT molecular complexity index is 5770. The average Bonchev–Trinajstić information content (AvgIpc) is 0.776. The molecule has 0 aliphatic carbocycles. The molecule has 1 atom stereocenters. The predicted octanol–water partition coefficient (Wildman–Crippen LogP) is -1.94. The first kappa shape index (κ1) is 107. The largest absolute Gasteiger partial charge is 1.00 e. The molecule has 1 aliphatic rings. The third-order valence-electron chi connectivity index (χ3n) is 14.6. The summed E-state index contributed by atoms with van der Waals surface area (Å²) in [6, 6.07) is 50.3. The number of nitrogens with one attached hydrogen (secondary N) is 2. The SMILES string of the molecule is CC(=O)Oc1cc2oc(=O)ccc2cc1C.CC(=O)Oc1cc2oc(=O)ccc2cc1CBr.O=C(CC(=O)Oc1cc2oc(=O)ccc2cc1CBr)NCc1ccccc1.O=C(NCc1ccccc1)C1Cc2cc3ccc(=O)oc3cc2OC1=O.O=CO[O-].O=CO[O-].O=c1ccc2cc(CBr)c(O)cc2o1.[2H]C#C.[B]=NS.[H-].[H-].[K+].[K+].[K+].[K+]. The molecule has 0 fully saturated rings. The molecule has 6 heterocycles. The molecular weight excluding hydrogens is 1850 g/mol. The molecule has 117 heavy (non-hydrogen) atoms. The van der Waals surface area contributed by atoms with Gasteiger partial charge in [0.05, 0.1) is 0 Å². The summed E-state index contributed by atoms with van der Waals surface area (Å²) in [6.45, 7) is 4.79. The molecule has 13 rings (SSSR count). The molecule has 0 bridgehead atoms. The number of terminal acetylenes is 1. The standard InChI is InChI=1S/C20H16BrNO5.C20H15NO5.C12H9BrO4.C12H10O4.C10H7BrO3.C2H2.2CH2O3.BHNS.4K.2H/c21-11-15-8-14-6-7-19(24)26-16(14)9-17(15)27-20(25)10-18(23)22-12-13-4-2-1-3-5-13;22-18-7-6-13-8-14-9-15(20(24)26-17(14)10-16(13)25-18)19(23)21-11-12-4-2-1-3-5-12;1-7(14)16-11-5-10-8(4-9(11)6-13)2-3-12(15)17-10;1-7-5-9-3-4-12(14)16-11(9)6-10(7)15-8(2)13;11-5-7-3-6-1-2-10(13)14-9(6)4-8(7)12;1-2;2*2-1-4-3;1-2-3;;;;;;/h1-9H,10-12H2,(H,22,23);1-8,10,15H,9,11H2,(H,21,23);2-5H,6H2,1H3;3-6H,1-2H3;1-4,12H,5H2;1-2H;2*1,3H;3H;;;;;;/q;;;;;;;;;4*+1;2*-1/p-2/i;;;;;1D;;;;;;;;;. The molecule has 0 saturated carbocycles. The number of ether oxygens (including phenoxy) is 4. The number of hydrogen-bond acceptors (Lipinski definition) is 29. The number of alkyl halides is 3. The van der Waals surface area contributed by atoms with E-state index >= 15 is 0 Å². The Morgan fingerprint density at radius 2 is 0.897 bits per heavy atom. The fourth-order valence-electron chi connectivity index (χ4n) is 9.71. The minimum atomic E-state index is -0.903. The molecule has 1 unspecified atom stereocenters. The van der Waals surface area contributed by atoms with E-state index in [0.29, 0.717) is 90.6 Å². The van der Waals surface area contributed by atoms with Gasteiger partial charge in [-0.3, -0.25) is 38.4 Å². The van der Waals surface area contributed by atoms with Crippen LogP contribution in [0, 0.1) is 25.7 Å². The Morgan fingerprint density at radius 3 is 1.29 bits per heavy atom. The van der Waals surface area contributed by atoms with Crippen molar-refractivity contribution in [2.24, 2.45) is 10.2 Å². The predicted molar refractivity (Wildman–Crippen MR) is 423 cm³/mol. The second kappa shape index (κ2) is 58.7. The number of fused-ring (bicyclic) bond motifs is 6. The van der Waals surface area contributed by atoms with Gasteiger partial charge in [0, 0.05) is 147 Å². The monoisotopic (exact) mass is 1910 g/mol. The molecule has 1 radical (unpaired) electrons. The number of aryl methyl sites for hydroxylation is 1. The van der Waals surface area contributed by atoms with Crippen LogP contribution in [0.25, 0.3) is 54.8 Å². The van der Waals surface area contributed by atoms with Gasteiger partial charge >= 0.3 is 282 Å². The van der Waals surface area contributed by atoms with Gasteiger partial charge in [-0.05, 0) is 96.3 Å². The van der Waals surface area contributed by atoms with Crippen LogP contribution in [0.15, 0.2) is 232 Å². The van der Waals surface area contributed by atoms with Gasteiger partial charge in [-0.2, -0.15) is 0 Å². The topological polar surface area (TPSA) is 446 Å². The van der Waals surface area contributed by atoms with Crippen molar-refractivity contribution in [1.29, 1.82) is 0 Å². The second-order valence-corrected chi connectivity index (χ2v) is 24.2. The molecule has 0 saturated heterocycles. The smallest absolute Gasteiger partial charge is 1.00 e. The van der Waals surface area contributed by atoms with Gasteiger partial charge in [-0.25, -0.2) is 24.0 Å². The Balaban J connectivity index is 0. The van der Waals surface area contributed by atoms with E-state index in [2.05, 4.69) is 99.4 Å². The van der Waals surface area contributed by atoms with Crippen molar-refractivity contribution in [2.45, 2.75) is 62.7 Å². The Kier molecular flexibility index (Phi) is 53.7. The maximum Gasteiger partial charge on any atom is 1.00 e. The summed E-state index contributed by atoms with van der Waals surface area (Å²) in [4.78, 5) is 149. The third kappa shape index (κ3) is 37.4. The van der Waals surface area contributed by atoms with E-state index in [1.165, 1.54) is 68.8 Å². The fourth-order valence-corrected chi connectivity index (χ4v) is 11.0. The minimum Gasteiger partial charge on any atom is -1.00 e. The molecule has 1 aliphatic heterocycles. The first-order valence-corrected chi connectivity index (χ1v) is 35.9. The number of nitrogens with zero attached hydrogens (tertiary/aromatic N) is 1. The number of esters is 4. The van der Waals surface area contributed by atoms with Crippen LogP contribution in [0.4, 0.5) is 0 Å². The molecule has 30 nitrogen and oxygen atoms in total. The summed E-state index contributed by atoms with van der Waals surface area (Å²) in [5.41, 5.74) is 5.35. The number of aromatic hydroxyl groups is 1. The summed E-state index contributed by atoms with van der Waals surface area (Å²) in [5, 5.41) is 37.2. The first-order valence-electron chi connectivity index (χ1n) is 32.6. The van der Waals surface area contributed by atoms with Gasteiger partial charge < -0.3 is 79.9 Å². The van der Waals surface area contributed by atoms with Gasteiger partial charge in [0.2, 0.25) is 11.8 Å². The normalized spacial score (nSPS) is 10.7. The number of amides is 2. The number of phenols is 1. The summed E-state index contributed by atoms with van der Waals surface area (Å²) < 4.78 is 54.2. The van der Waals surface area contributed by atoms with Crippen LogP contribution in [-0.2, 0) is 83.6 Å². The van der Waals surface area contributed by atoms with Crippen LogP contribution in [0.3, 0.4) is 0 Å². The molecular formula is C78H64BBr3K4N3O27S. The number of rotatable bonds is 15. The molecule has 5 aromatic heterocycles. The van der Waals surface area contributed by atoms with E-state index in [-0.39, 0.29) is 245 Å². The zero-order valence-electron chi connectivity index (χ0n) is 66.2. The summed E-state index contributed by atoms with van der Waals surface area (Å²) >= 11 is 13.1. The van der Waals surface area contributed by atoms with E-state index in [1.807, 2.05) is 73.7 Å². The Hall–Kier alpha value is -6.17. The van der Waals surface area contributed by atoms with Gasteiger partial charge in [0.25, 0.3) is 12.9 Å². The van der Waals surface area contributed by atoms with Gasteiger partial charge in [0.15, 0.2) is 0 Å². The molecule has 0 spiro atoms. The number of thiol groups is 1. The van der Waals surface area contributed by atoms with Crippen molar-refractivity contribution in [1.82, 2.24) is 10.6 Å². The van der Waals surface area contributed by atoms with E-state index < -0.39 is 70.3 Å². The van der Waals surface area contributed by atoms with Crippen LogP contribution in [-0.4, -0.2) is 61.4 Å². The zero-order chi connectivity index (χ0) is 83.8. The van der Waals surface area contributed by atoms with E-state index in [9.17, 15) is 57.8 Å². The molecule has 7 aromatic carbocycles. The van der Waals surface area contributed by atoms with Crippen LogP contribution in [0.2, 0.25) is 0 Å². The van der Waals surface area contributed by atoms with E-state index in [1.54, 1.807) is 66.7 Å². The quantitative estimate of drug-likeness (QED) is 0.00741. The van der Waals surface area contributed by atoms with Crippen molar-refractivity contribution in [2.75, 3.05) is 0 Å². The van der Waals surface area contributed by atoms with Crippen LogP contribution >= 0.6 is 60.6 Å². The zero-order valence-corrected chi connectivity index (χ0v) is 81.4. The Labute approximate surface area is 870 Å². The van der Waals surface area contributed by atoms with Crippen LogP contribution in [0.5, 0.6) is 28.7 Å². The van der Waals surface area contributed by atoms with E-state index in [4.69, 9.17) is 62.5 Å². The number of carbonyl (C=O) groups is 8. The number of carbonyl (C=O) groups excluding carboxylic acids is 8. The van der Waals surface area contributed by atoms with Crippen LogP contribution in [0.1, 0.15) is 63.4 Å². The van der Waals surface area contributed by atoms with Crippen molar-refractivity contribution < 1.29 is 315 Å². The first-order chi connectivity index (χ1) is 54.7. The summed E-state index contributed by atoms with van der Waals surface area (Å²) in [5.74, 6) is -2.32. The average molecular weight is 1920 g/mol. The molecule has 587 valence electrons. The van der Waals surface area contributed by atoms with Gasteiger partial charge in [-0.15, -0.1) is 12.8 Å². The molecule has 2 amide bonds. The van der Waals surface area contributed by atoms with Crippen molar-refractivity contribution in [3.8, 4) is 41.6 Å². The van der Waals surface area contributed by atoms with E-state index in [0.717, 1.165) is 49.5 Å². The van der Waals surface area contributed by atoms with Crippen molar-refractivity contribution in [3.63, 3.8) is 0 Å². The molecule has 12 aromatic rings. The third-order valence-corrected chi connectivity index (χ3v) is 16.4. The van der Waals surface area contributed by atoms with Crippen molar-refractivity contribution >= 4 is 172 Å². The van der Waals surface area contributed by atoms with Crippen molar-refractivity contribution in [3.05, 3.63) is 273 Å². The fraction of sp³-hybridized carbons (Fsp3) is 0.141. The molecule has 39 heteroatoms. The maximum absolute atomic E-state index is 12.4. The van der Waals surface area contributed by atoms with Gasteiger partial charge in [-0.1, -0.05) is 108 Å². The Morgan fingerprint density at radius 1 is 0.556 bits per heavy atom. The number of halogens is 3. The van der Waals surface area contributed by atoms with Gasteiger partial charge in [0.1, 0.15) is 70.4 Å². The minimum absolute atomic E-state index is 0. The summed E-state index contributed by atoms with van der Waals surface area (Å²) in [6.07, 6.45) is 5.59. The number of phenolic OH excluding ortho intramolecular Hbond substituents is 1. The maximum atomic E-state index is 12.4. The second-order valence-electron chi connectivity index (χ2n) is 22.3. The number of benzene rings is 7. The van der Waals surface area contributed by atoms with Crippen LogP contribution < -0.4 is 274 Å². The summed E-state index contributed by atoms with van der Waals surface area (Å²) in [7, 11) is 4.34. The number of hydrogen-bond donors (Lipinski definition) is 4.